The van der Waals surface area contributed by atoms with Gasteiger partial charge in [-0.1, -0.05) is 18.2 Å². The maximum Gasteiger partial charge on any atom is 0.312 e. The molecule has 2 aromatic heterocycles. The van der Waals surface area contributed by atoms with Gasteiger partial charge in [-0.2, -0.15) is 0 Å². The number of rotatable bonds is 6. The molecule has 6 nitrogen and oxygen atoms in total. The van der Waals surface area contributed by atoms with Crippen LogP contribution in [-0.2, 0) is 4.79 Å². The number of thiazole rings is 1. The number of carboxylic acid groups (broad SMARTS) is 1. The summed E-state index contributed by atoms with van der Waals surface area (Å²) in [5.74, 6) is 0.140. The molecule has 1 atom stereocenters. The van der Waals surface area contributed by atoms with Crippen molar-refractivity contribution >= 4 is 44.2 Å². The summed E-state index contributed by atoms with van der Waals surface area (Å²) in [4.78, 5) is 19.7. The zero-order chi connectivity index (χ0) is 17.8. The quantitative estimate of drug-likeness (QED) is 0.582. The van der Waals surface area contributed by atoms with Crippen LogP contribution in [0, 0.1) is 0 Å². The molecule has 8 heteroatoms. The van der Waals surface area contributed by atoms with Gasteiger partial charge < -0.3 is 15.2 Å². The summed E-state index contributed by atoms with van der Waals surface area (Å²) in [6.07, 6.45) is 1.65. The third-order valence-electron chi connectivity index (χ3n) is 3.35. The van der Waals surface area contributed by atoms with Crippen molar-refractivity contribution < 1.29 is 14.6 Å². The fourth-order valence-corrected chi connectivity index (χ4v) is 3.09. The molecule has 0 saturated heterocycles. The fraction of sp³-hybridized carbons (Fsp3) is 0.118. The number of para-hydroxylation sites is 1. The van der Waals surface area contributed by atoms with Crippen molar-refractivity contribution in [3.05, 3.63) is 58.1 Å². The third kappa shape index (κ3) is 4.34. The van der Waals surface area contributed by atoms with Crippen molar-refractivity contribution in [2.75, 3.05) is 5.32 Å². The Balaban J connectivity index is 1.84. The predicted octanol–water partition coefficient (Wildman–Crippen LogP) is 5.02. The van der Waals surface area contributed by atoms with Crippen molar-refractivity contribution in [1.29, 1.82) is 0 Å². The van der Waals surface area contributed by atoms with Crippen LogP contribution in [0.4, 0.5) is 10.9 Å². The number of nitrogens with zero attached hydrogens (tertiary/aromatic N) is 2. The second-order valence-electron chi connectivity index (χ2n) is 5.18. The molecule has 0 radical (unpaired) electrons. The summed E-state index contributed by atoms with van der Waals surface area (Å²) in [5.41, 5.74) is 0.502. The number of benzene rings is 1. The zero-order valence-corrected chi connectivity index (χ0v) is 15.5. The summed E-state index contributed by atoms with van der Waals surface area (Å²) < 4.78 is 6.66. The van der Waals surface area contributed by atoms with Crippen LogP contribution in [0.2, 0.25) is 0 Å². The molecule has 0 spiro atoms. The molecule has 128 valence electrons. The molecule has 0 saturated carbocycles. The normalized spacial score (nSPS) is 11.8. The molecule has 1 unspecified atom stereocenters. The Kier molecular flexibility index (Phi) is 5.30. The molecule has 2 N–H and O–H groups in total. The van der Waals surface area contributed by atoms with Crippen LogP contribution >= 0.6 is 27.3 Å². The minimum absolute atomic E-state index is 0.496. The van der Waals surface area contributed by atoms with E-state index >= 15 is 0 Å². The average molecular weight is 420 g/mol. The molecule has 0 bridgehead atoms. The van der Waals surface area contributed by atoms with E-state index in [1.807, 2.05) is 30.3 Å². The van der Waals surface area contributed by atoms with Gasteiger partial charge in [0.25, 0.3) is 0 Å². The number of hydrogen-bond donors (Lipinski definition) is 2. The highest BCUT2D eigenvalue weighted by molar-refractivity contribution is 9.10. The molecule has 25 heavy (non-hydrogen) atoms. The summed E-state index contributed by atoms with van der Waals surface area (Å²) in [5, 5.41) is 14.4. The molecule has 2 heterocycles. The lowest BCUT2D eigenvalue weighted by Gasteiger charge is -2.11. The van der Waals surface area contributed by atoms with Gasteiger partial charge in [0.2, 0.25) is 0 Å². The monoisotopic (exact) mass is 419 g/mol. The molecule has 0 fully saturated rings. The zero-order valence-electron chi connectivity index (χ0n) is 13.1. The highest BCUT2D eigenvalue weighted by atomic mass is 79.9. The van der Waals surface area contributed by atoms with Crippen molar-refractivity contribution in [3.8, 4) is 11.5 Å². The smallest absolute Gasteiger partial charge is 0.312 e. The van der Waals surface area contributed by atoms with Gasteiger partial charge in [-0.25, -0.2) is 9.97 Å². The Bertz CT molecular complexity index is 886. The van der Waals surface area contributed by atoms with Crippen LogP contribution in [0.15, 0.2) is 52.4 Å². The Labute approximate surface area is 156 Å². The van der Waals surface area contributed by atoms with Gasteiger partial charge in [-0.05, 0) is 35.0 Å². The van der Waals surface area contributed by atoms with Gasteiger partial charge in [0.15, 0.2) is 16.7 Å². The minimum atomic E-state index is -0.910. The van der Waals surface area contributed by atoms with Gasteiger partial charge in [0.1, 0.15) is 5.75 Å². The number of nitrogens with one attached hydrogen (secondary N) is 1. The molecule has 0 amide bonds. The molecule has 0 aliphatic carbocycles. The SMILES string of the molecule is CC(C(=O)O)c1csc(Nc2ncc(Br)cc2Oc2ccccc2)n1. The molecular weight excluding hydrogens is 406 g/mol. The van der Waals surface area contributed by atoms with E-state index in [1.165, 1.54) is 11.3 Å². The Morgan fingerprint density at radius 3 is 2.84 bits per heavy atom. The van der Waals surface area contributed by atoms with Crippen LogP contribution in [-0.4, -0.2) is 21.0 Å². The first-order valence-corrected chi connectivity index (χ1v) is 9.04. The van der Waals surface area contributed by atoms with E-state index in [9.17, 15) is 4.79 Å². The van der Waals surface area contributed by atoms with Crippen molar-refractivity contribution in [1.82, 2.24) is 9.97 Å². The number of ether oxygens (including phenoxy) is 1. The standard InChI is InChI=1S/C17H14BrN3O3S/c1-10(16(22)23)13-9-25-17(20-13)21-15-14(7-11(18)8-19-15)24-12-5-3-2-4-6-12/h2-10H,1H3,(H,22,23)(H,19,20,21). The molecular formula is C17H14BrN3O3S. The lowest BCUT2D eigenvalue weighted by molar-refractivity contribution is -0.138. The third-order valence-corrected chi connectivity index (χ3v) is 4.56. The largest absolute Gasteiger partial charge is 0.481 e. The maximum absolute atomic E-state index is 11.1. The number of carbonyl (C=O) groups is 1. The summed E-state index contributed by atoms with van der Waals surface area (Å²) in [6, 6.07) is 11.2. The predicted molar refractivity (Wildman–Crippen MR) is 99.9 cm³/mol. The van der Waals surface area contributed by atoms with E-state index in [4.69, 9.17) is 9.84 Å². The van der Waals surface area contributed by atoms with Crippen LogP contribution in [0.25, 0.3) is 0 Å². The van der Waals surface area contributed by atoms with Crippen molar-refractivity contribution in [3.63, 3.8) is 0 Å². The molecule has 3 rings (SSSR count). The topological polar surface area (TPSA) is 84.3 Å². The maximum atomic E-state index is 11.1. The van der Waals surface area contributed by atoms with Gasteiger partial charge in [-0.15, -0.1) is 11.3 Å². The number of carboxylic acids is 1. The Morgan fingerprint density at radius 1 is 1.36 bits per heavy atom. The molecule has 3 aromatic rings. The number of hydrogen-bond acceptors (Lipinski definition) is 6. The highest BCUT2D eigenvalue weighted by Gasteiger charge is 2.18. The van der Waals surface area contributed by atoms with Crippen LogP contribution in [0.5, 0.6) is 11.5 Å². The summed E-state index contributed by atoms with van der Waals surface area (Å²) in [7, 11) is 0. The number of halogens is 1. The lowest BCUT2D eigenvalue weighted by atomic mass is 10.1. The van der Waals surface area contributed by atoms with Gasteiger partial charge in [-0.3, -0.25) is 4.79 Å². The van der Waals surface area contributed by atoms with Gasteiger partial charge in [0, 0.05) is 22.1 Å². The second-order valence-corrected chi connectivity index (χ2v) is 6.95. The van der Waals surface area contributed by atoms with Crippen LogP contribution < -0.4 is 10.1 Å². The first-order valence-electron chi connectivity index (χ1n) is 7.36. The van der Waals surface area contributed by atoms with E-state index in [0.29, 0.717) is 28.1 Å². The Morgan fingerprint density at radius 2 is 2.12 bits per heavy atom. The summed E-state index contributed by atoms with van der Waals surface area (Å²) >= 11 is 4.70. The average Bonchev–Trinajstić information content (AvgIpc) is 3.06. The first-order chi connectivity index (χ1) is 12.0. The minimum Gasteiger partial charge on any atom is -0.481 e. The second kappa shape index (κ2) is 7.62. The van der Waals surface area contributed by atoms with Gasteiger partial charge in [0.05, 0.1) is 11.6 Å². The van der Waals surface area contributed by atoms with Crippen molar-refractivity contribution in [2.45, 2.75) is 12.8 Å². The number of aromatic nitrogens is 2. The van der Waals surface area contributed by atoms with E-state index < -0.39 is 11.9 Å². The Hall–Kier alpha value is -2.45. The van der Waals surface area contributed by atoms with Gasteiger partial charge >= 0.3 is 5.97 Å². The molecule has 0 aliphatic heterocycles. The first kappa shape index (κ1) is 17.4. The van der Waals surface area contributed by atoms with Crippen LogP contribution in [0.1, 0.15) is 18.5 Å². The molecule has 0 aliphatic rings. The van der Waals surface area contributed by atoms with Crippen molar-refractivity contribution in [2.24, 2.45) is 0 Å². The summed E-state index contributed by atoms with van der Waals surface area (Å²) in [6.45, 7) is 1.60. The van der Waals surface area contributed by atoms with E-state index in [0.717, 1.165) is 4.47 Å². The molecule has 1 aromatic carbocycles. The van der Waals surface area contributed by atoms with E-state index in [1.54, 1.807) is 24.6 Å². The lowest BCUT2D eigenvalue weighted by Crippen LogP contribution is -2.07. The van der Waals surface area contributed by atoms with E-state index in [-0.39, 0.29) is 0 Å². The number of anilines is 2. The van der Waals surface area contributed by atoms with E-state index in [2.05, 4.69) is 31.2 Å². The fourth-order valence-electron chi connectivity index (χ4n) is 1.98. The number of pyridine rings is 1. The number of aliphatic carboxylic acids is 1. The highest BCUT2D eigenvalue weighted by Crippen LogP contribution is 2.33. The van der Waals surface area contributed by atoms with Crippen LogP contribution in [0.3, 0.4) is 0 Å².